The molecule has 33 heavy (non-hydrogen) atoms. The van der Waals surface area contributed by atoms with Gasteiger partial charge in [-0.25, -0.2) is 4.79 Å². The first-order chi connectivity index (χ1) is 16.0. The maximum atomic E-state index is 12.0. The molecule has 0 N–H and O–H groups in total. The summed E-state index contributed by atoms with van der Waals surface area (Å²) in [6.07, 6.45) is 5.73. The first-order valence-electron chi connectivity index (χ1n) is 10.5. The van der Waals surface area contributed by atoms with Crippen LogP contribution in [0.1, 0.15) is 39.8 Å². The molecule has 0 amide bonds. The van der Waals surface area contributed by atoms with Crippen molar-refractivity contribution >= 4 is 28.3 Å². The molecule has 0 aromatic carbocycles. The van der Waals surface area contributed by atoms with Crippen LogP contribution in [0.3, 0.4) is 0 Å². The van der Waals surface area contributed by atoms with Crippen LogP contribution >= 0.6 is 11.3 Å². The number of aryl methyl sites for hydroxylation is 2. The molecule has 5 rings (SSSR count). The number of fused-ring (bicyclic) bond motifs is 1. The molecule has 166 valence electrons. The van der Waals surface area contributed by atoms with E-state index < -0.39 is 0 Å². The van der Waals surface area contributed by atoms with Crippen molar-refractivity contribution in [2.45, 2.75) is 26.8 Å². The Morgan fingerprint density at radius 1 is 1.18 bits per heavy atom. The monoisotopic (exact) mass is 458 g/mol. The fourth-order valence-corrected chi connectivity index (χ4v) is 5.05. The summed E-state index contributed by atoms with van der Waals surface area (Å²) >= 11 is 1.39. The van der Waals surface area contributed by atoms with Crippen LogP contribution < -0.4 is 0 Å². The molecule has 0 aliphatic carbocycles. The Labute approximate surface area is 194 Å². The van der Waals surface area contributed by atoms with Crippen LogP contribution in [0, 0.1) is 13.8 Å². The number of thiophene rings is 1. The van der Waals surface area contributed by atoms with Crippen LogP contribution in [0.15, 0.2) is 59.5 Å². The molecular weight excluding hydrogens is 436 g/mol. The molecule has 0 bridgehead atoms. The molecule has 8 heteroatoms. The van der Waals surface area contributed by atoms with Gasteiger partial charge in [-0.15, -0.1) is 11.3 Å². The minimum atomic E-state index is -0.342. The molecule has 7 nitrogen and oxygen atoms in total. The minimum absolute atomic E-state index is 0.0239. The Morgan fingerprint density at radius 2 is 2.03 bits per heavy atom. The number of hydrogen-bond donors (Lipinski definition) is 0. The van der Waals surface area contributed by atoms with Crippen molar-refractivity contribution in [2.75, 3.05) is 7.11 Å². The predicted molar refractivity (Wildman–Crippen MR) is 127 cm³/mol. The smallest absolute Gasteiger partial charge is 0.348 e. The summed E-state index contributed by atoms with van der Waals surface area (Å²) in [5, 5.41) is 4.10. The third-order valence-electron chi connectivity index (χ3n) is 5.78. The van der Waals surface area contributed by atoms with E-state index in [0.29, 0.717) is 4.88 Å². The van der Waals surface area contributed by atoms with Gasteiger partial charge in [-0.1, -0.05) is 11.2 Å². The highest BCUT2D eigenvalue weighted by Crippen LogP contribution is 2.38. The highest BCUT2D eigenvalue weighted by molar-refractivity contribution is 7.17. The summed E-state index contributed by atoms with van der Waals surface area (Å²) in [5.41, 5.74) is 6.45. The van der Waals surface area contributed by atoms with Crippen LogP contribution in [0.25, 0.3) is 32.6 Å². The van der Waals surface area contributed by atoms with Crippen molar-refractivity contribution in [1.29, 1.82) is 0 Å². The standard InChI is InChI=1S/C25H22N4O3S/c1-14-23(16(3)32-28-14)17-11-20-24(27-12-17)18(21-8-9-22(33-21)25(30)31-4)13-29(20)15(2)19-7-5-6-10-26-19/h5-13,15H,1-4H3/t15-/m0/s1. The van der Waals surface area contributed by atoms with Gasteiger partial charge in [0.1, 0.15) is 10.6 Å². The minimum Gasteiger partial charge on any atom is -0.465 e. The van der Waals surface area contributed by atoms with Gasteiger partial charge in [0.25, 0.3) is 0 Å². The maximum Gasteiger partial charge on any atom is 0.348 e. The van der Waals surface area contributed by atoms with Crippen LogP contribution in [-0.4, -0.2) is 32.8 Å². The Hall–Kier alpha value is -3.78. The fraction of sp³-hybridized carbons (Fsp3) is 0.200. The molecule has 0 spiro atoms. The first kappa shape index (κ1) is 21.1. The third-order valence-corrected chi connectivity index (χ3v) is 6.88. The van der Waals surface area contributed by atoms with Crippen LogP contribution in [0.5, 0.6) is 0 Å². The molecule has 0 unspecified atom stereocenters. The van der Waals surface area contributed by atoms with Gasteiger partial charge in [0.2, 0.25) is 0 Å². The highest BCUT2D eigenvalue weighted by Gasteiger charge is 2.21. The summed E-state index contributed by atoms with van der Waals surface area (Å²) in [4.78, 5) is 22.9. The average Bonchev–Trinajstić information content (AvgIpc) is 3.55. The zero-order valence-corrected chi connectivity index (χ0v) is 19.5. The van der Waals surface area contributed by atoms with Crippen molar-refractivity contribution in [3.63, 3.8) is 0 Å². The van der Waals surface area contributed by atoms with E-state index in [1.54, 1.807) is 12.3 Å². The Balaban J connectivity index is 1.72. The molecule has 5 heterocycles. The second kappa shape index (κ2) is 8.29. The average molecular weight is 459 g/mol. The molecule has 0 radical (unpaired) electrons. The topological polar surface area (TPSA) is 83.0 Å². The number of pyridine rings is 2. The van der Waals surface area contributed by atoms with E-state index in [-0.39, 0.29) is 12.0 Å². The predicted octanol–water partition coefficient (Wildman–Crippen LogP) is 5.83. The largest absolute Gasteiger partial charge is 0.465 e. The van der Waals surface area contributed by atoms with Gasteiger partial charge in [-0.05, 0) is 51.1 Å². The van der Waals surface area contributed by atoms with Crippen molar-refractivity contribution in [1.82, 2.24) is 19.7 Å². The summed E-state index contributed by atoms with van der Waals surface area (Å²) in [6, 6.07) is 11.7. The molecule has 5 aromatic heterocycles. The lowest BCUT2D eigenvalue weighted by Crippen LogP contribution is -2.07. The zero-order valence-electron chi connectivity index (χ0n) is 18.7. The molecule has 0 saturated carbocycles. The van der Waals surface area contributed by atoms with E-state index in [2.05, 4.69) is 33.9 Å². The normalized spacial score (nSPS) is 12.2. The number of hydrogen-bond acceptors (Lipinski definition) is 7. The van der Waals surface area contributed by atoms with Gasteiger partial charge in [-0.3, -0.25) is 9.97 Å². The fourth-order valence-electron chi connectivity index (χ4n) is 4.12. The molecule has 0 saturated heterocycles. The summed E-state index contributed by atoms with van der Waals surface area (Å²) < 4.78 is 12.4. The Bertz CT molecular complexity index is 1450. The molecule has 5 aromatic rings. The highest BCUT2D eigenvalue weighted by atomic mass is 32.1. The lowest BCUT2D eigenvalue weighted by molar-refractivity contribution is 0.0606. The number of nitrogens with zero attached hydrogens (tertiary/aromatic N) is 4. The molecular formula is C25H22N4O3S. The van der Waals surface area contributed by atoms with Crippen molar-refractivity contribution < 1.29 is 14.1 Å². The van der Waals surface area contributed by atoms with Gasteiger partial charge in [0, 0.05) is 40.2 Å². The van der Waals surface area contributed by atoms with Crippen LogP contribution in [0.4, 0.5) is 0 Å². The number of carbonyl (C=O) groups excluding carboxylic acids is 1. The Morgan fingerprint density at radius 3 is 2.73 bits per heavy atom. The summed E-state index contributed by atoms with van der Waals surface area (Å²) in [7, 11) is 1.39. The lowest BCUT2D eigenvalue weighted by Gasteiger charge is -2.15. The van der Waals surface area contributed by atoms with Gasteiger partial charge < -0.3 is 13.8 Å². The number of esters is 1. The van der Waals surface area contributed by atoms with E-state index in [9.17, 15) is 4.79 Å². The molecule has 1 atom stereocenters. The summed E-state index contributed by atoms with van der Waals surface area (Å²) in [6.45, 7) is 5.94. The number of ether oxygens (including phenoxy) is 1. The van der Waals surface area contributed by atoms with Gasteiger partial charge in [0.15, 0.2) is 0 Å². The number of carbonyl (C=O) groups is 1. The second-order valence-electron chi connectivity index (χ2n) is 7.83. The Kier molecular flexibility index (Phi) is 5.30. The SMILES string of the molecule is COC(=O)c1ccc(-c2cn([C@@H](C)c3ccccn3)c3cc(-c4c(C)noc4C)cnc23)s1. The number of methoxy groups -OCH3 is 1. The third kappa shape index (κ3) is 3.62. The first-order valence-corrected chi connectivity index (χ1v) is 11.3. The molecule has 0 aliphatic rings. The van der Waals surface area contributed by atoms with Gasteiger partial charge in [-0.2, -0.15) is 0 Å². The number of aromatic nitrogens is 4. The van der Waals surface area contributed by atoms with E-state index in [0.717, 1.165) is 49.7 Å². The van der Waals surface area contributed by atoms with Crippen LogP contribution in [0.2, 0.25) is 0 Å². The van der Waals surface area contributed by atoms with Gasteiger partial charge in [0.05, 0.1) is 35.6 Å². The van der Waals surface area contributed by atoms with Crippen molar-refractivity contribution in [3.8, 4) is 21.6 Å². The van der Waals surface area contributed by atoms with E-state index in [1.807, 2.05) is 44.3 Å². The molecule has 0 aliphatic heterocycles. The van der Waals surface area contributed by atoms with Crippen molar-refractivity contribution in [2.24, 2.45) is 0 Å². The second-order valence-corrected chi connectivity index (χ2v) is 8.91. The van der Waals surface area contributed by atoms with Gasteiger partial charge >= 0.3 is 5.97 Å². The summed E-state index contributed by atoms with van der Waals surface area (Å²) in [5.74, 6) is 0.413. The lowest BCUT2D eigenvalue weighted by atomic mass is 10.1. The zero-order chi connectivity index (χ0) is 23.1. The van der Waals surface area contributed by atoms with E-state index in [4.69, 9.17) is 14.2 Å². The van der Waals surface area contributed by atoms with Crippen LogP contribution in [-0.2, 0) is 4.74 Å². The number of rotatable bonds is 5. The van der Waals surface area contributed by atoms with Crippen molar-refractivity contribution in [3.05, 3.63) is 77.0 Å². The maximum absolute atomic E-state index is 12.0. The van der Waals surface area contributed by atoms with E-state index >= 15 is 0 Å². The molecule has 0 fully saturated rings. The van der Waals surface area contributed by atoms with E-state index in [1.165, 1.54) is 18.4 Å². The quantitative estimate of drug-likeness (QED) is 0.308.